The number of pyridine rings is 1. The number of aliphatic carboxylic acids is 1. The number of nitrogens with zero attached hydrogens (tertiary/aromatic N) is 1. The maximum atomic E-state index is 11.7. The molecule has 6 nitrogen and oxygen atoms in total. The molecule has 1 aromatic rings. The zero-order chi connectivity index (χ0) is 13.5. The lowest BCUT2D eigenvalue weighted by Gasteiger charge is -2.10. The highest BCUT2D eigenvalue weighted by atomic mass is 16.5. The summed E-state index contributed by atoms with van der Waals surface area (Å²) in [6.45, 7) is 2.08. The van der Waals surface area contributed by atoms with Crippen LogP contribution in [-0.4, -0.2) is 35.6 Å². The zero-order valence-corrected chi connectivity index (χ0v) is 10.3. The summed E-state index contributed by atoms with van der Waals surface area (Å²) < 4.78 is 4.88. The summed E-state index contributed by atoms with van der Waals surface area (Å²) in [4.78, 5) is 26.1. The summed E-state index contributed by atoms with van der Waals surface area (Å²) in [5, 5.41) is 11.2. The molecular formula is C12H16N2O4. The maximum Gasteiger partial charge on any atom is 0.303 e. The molecule has 98 valence electrons. The van der Waals surface area contributed by atoms with Crippen LogP contribution in [0.1, 0.15) is 23.7 Å². The van der Waals surface area contributed by atoms with Crippen molar-refractivity contribution in [1.29, 1.82) is 0 Å². The first-order valence-corrected chi connectivity index (χ1v) is 5.53. The number of carbonyl (C=O) groups is 2. The molecule has 0 spiro atoms. The molecule has 0 aliphatic heterocycles. The second-order valence-electron chi connectivity index (χ2n) is 4.00. The molecule has 0 aromatic carbocycles. The maximum absolute atomic E-state index is 11.7. The van der Waals surface area contributed by atoms with E-state index in [1.54, 1.807) is 19.1 Å². The van der Waals surface area contributed by atoms with Gasteiger partial charge >= 0.3 is 5.97 Å². The van der Waals surface area contributed by atoms with Gasteiger partial charge in [-0.1, -0.05) is 6.92 Å². The molecule has 0 fully saturated rings. The number of ether oxygens (including phenoxy) is 1. The van der Waals surface area contributed by atoms with Crippen molar-refractivity contribution >= 4 is 11.9 Å². The second kappa shape index (κ2) is 6.58. The molecule has 1 atom stereocenters. The predicted octanol–water partition coefficient (Wildman–Crippen LogP) is 0.931. The minimum atomic E-state index is -0.872. The quantitative estimate of drug-likeness (QED) is 0.786. The molecule has 1 amide bonds. The largest absolute Gasteiger partial charge is 0.481 e. The van der Waals surface area contributed by atoms with Gasteiger partial charge in [0.05, 0.1) is 12.7 Å². The fourth-order valence-corrected chi connectivity index (χ4v) is 1.37. The molecule has 0 bridgehead atoms. The third kappa shape index (κ3) is 4.40. The van der Waals surface area contributed by atoms with Crippen molar-refractivity contribution < 1.29 is 19.4 Å². The molecule has 0 saturated heterocycles. The van der Waals surface area contributed by atoms with Crippen LogP contribution < -0.4 is 10.1 Å². The minimum absolute atomic E-state index is 0.0289. The zero-order valence-electron chi connectivity index (χ0n) is 10.3. The Balaban J connectivity index is 2.47. The van der Waals surface area contributed by atoms with Crippen LogP contribution in [-0.2, 0) is 4.79 Å². The van der Waals surface area contributed by atoms with Crippen LogP contribution in [0.5, 0.6) is 5.88 Å². The normalized spacial score (nSPS) is 11.7. The number of hydrogen-bond donors (Lipinski definition) is 2. The van der Waals surface area contributed by atoms with E-state index in [2.05, 4.69) is 10.3 Å². The van der Waals surface area contributed by atoms with Crippen LogP contribution in [0.3, 0.4) is 0 Å². The Bertz CT molecular complexity index is 417. The lowest BCUT2D eigenvalue weighted by molar-refractivity contribution is -0.137. The first-order chi connectivity index (χ1) is 8.52. The van der Waals surface area contributed by atoms with E-state index >= 15 is 0 Å². The van der Waals surface area contributed by atoms with Crippen LogP contribution in [0.25, 0.3) is 0 Å². The smallest absolute Gasteiger partial charge is 0.303 e. The summed E-state index contributed by atoms with van der Waals surface area (Å²) >= 11 is 0. The van der Waals surface area contributed by atoms with Crippen LogP contribution in [0.2, 0.25) is 0 Å². The van der Waals surface area contributed by atoms with Crippen LogP contribution >= 0.6 is 0 Å². The average molecular weight is 252 g/mol. The number of carbonyl (C=O) groups excluding carboxylic acids is 1. The Kier molecular flexibility index (Phi) is 5.10. The fraction of sp³-hybridized carbons (Fsp3) is 0.417. The summed E-state index contributed by atoms with van der Waals surface area (Å²) in [5.41, 5.74) is 0.415. The number of methoxy groups -OCH3 is 1. The van der Waals surface area contributed by atoms with E-state index in [1.165, 1.54) is 13.3 Å². The van der Waals surface area contributed by atoms with E-state index in [1.807, 2.05) is 0 Å². The standard InChI is InChI=1S/C12H16N2O4/c1-8(5-11(15)16)6-14-12(17)9-3-4-10(18-2)13-7-9/h3-4,7-8H,5-6H2,1-2H3,(H,14,17)(H,15,16). The van der Waals surface area contributed by atoms with Gasteiger partial charge in [-0.15, -0.1) is 0 Å². The van der Waals surface area contributed by atoms with Crippen LogP contribution in [0.15, 0.2) is 18.3 Å². The number of hydrogen-bond acceptors (Lipinski definition) is 4. The van der Waals surface area contributed by atoms with E-state index in [-0.39, 0.29) is 18.2 Å². The number of carboxylic acids is 1. The lowest BCUT2D eigenvalue weighted by atomic mass is 10.1. The second-order valence-corrected chi connectivity index (χ2v) is 4.00. The van der Waals surface area contributed by atoms with E-state index in [0.717, 1.165) is 0 Å². The Hall–Kier alpha value is -2.11. The van der Waals surface area contributed by atoms with Gasteiger partial charge in [0, 0.05) is 25.2 Å². The third-order valence-corrected chi connectivity index (χ3v) is 2.34. The molecule has 1 unspecified atom stereocenters. The summed E-state index contributed by atoms with van der Waals surface area (Å²) in [6.07, 6.45) is 1.44. The lowest BCUT2D eigenvalue weighted by Crippen LogP contribution is -2.29. The summed E-state index contributed by atoms with van der Waals surface area (Å²) in [6, 6.07) is 3.19. The number of nitrogens with one attached hydrogen (secondary N) is 1. The molecule has 0 aliphatic carbocycles. The van der Waals surface area contributed by atoms with Crippen molar-refractivity contribution in [2.24, 2.45) is 5.92 Å². The molecule has 18 heavy (non-hydrogen) atoms. The fourth-order valence-electron chi connectivity index (χ4n) is 1.37. The highest BCUT2D eigenvalue weighted by Crippen LogP contribution is 2.07. The molecule has 1 heterocycles. The van der Waals surface area contributed by atoms with Gasteiger partial charge in [-0.25, -0.2) is 4.98 Å². The monoisotopic (exact) mass is 252 g/mol. The van der Waals surface area contributed by atoms with Crippen molar-refractivity contribution in [1.82, 2.24) is 10.3 Å². The Morgan fingerprint density at radius 2 is 2.22 bits per heavy atom. The van der Waals surface area contributed by atoms with Gasteiger partial charge in [-0.2, -0.15) is 0 Å². The highest BCUT2D eigenvalue weighted by Gasteiger charge is 2.11. The van der Waals surface area contributed by atoms with Crippen molar-refractivity contribution in [3.63, 3.8) is 0 Å². The SMILES string of the molecule is COc1ccc(C(=O)NCC(C)CC(=O)O)cn1. The van der Waals surface area contributed by atoms with Gasteiger partial charge in [0.15, 0.2) is 0 Å². The predicted molar refractivity (Wildman–Crippen MR) is 64.5 cm³/mol. The van der Waals surface area contributed by atoms with Gasteiger partial charge < -0.3 is 15.2 Å². The molecular weight excluding hydrogens is 236 g/mol. The van der Waals surface area contributed by atoms with Crippen molar-refractivity contribution in [3.05, 3.63) is 23.9 Å². The molecule has 1 rings (SSSR count). The Morgan fingerprint density at radius 3 is 2.72 bits per heavy atom. The number of amides is 1. The van der Waals surface area contributed by atoms with Gasteiger partial charge in [0.2, 0.25) is 5.88 Å². The van der Waals surface area contributed by atoms with E-state index in [9.17, 15) is 9.59 Å². The van der Waals surface area contributed by atoms with Crippen LogP contribution in [0, 0.1) is 5.92 Å². The topological polar surface area (TPSA) is 88.5 Å². The third-order valence-electron chi connectivity index (χ3n) is 2.34. The van der Waals surface area contributed by atoms with Crippen molar-refractivity contribution in [3.8, 4) is 5.88 Å². The number of aromatic nitrogens is 1. The summed E-state index contributed by atoms with van der Waals surface area (Å²) in [7, 11) is 1.50. The van der Waals surface area contributed by atoms with Gasteiger partial charge in [-0.05, 0) is 12.0 Å². The molecule has 0 aliphatic rings. The Labute approximate surface area is 105 Å². The molecule has 0 saturated carbocycles. The number of rotatable bonds is 6. The minimum Gasteiger partial charge on any atom is -0.481 e. The molecule has 2 N–H and O–H groups in total. The first-order valence-electron chi connectivity index (χ1n) is 5.53. The number of carboxylic acid groups (broad SMARTS) is 1. The first kappa shape index (κ1) is 14.0. The van der Waals surface area contributed by atoms with Crippen LogP contribution in [0.4, 0.5) is 0 Å². The molecule has 0 radical (unpaired) electrons. The molecule has 6 heteroatoms. The van der Waals surface area contributed by atoms with E-state index in [0.29, 0.717) is 18.0 Å². The molecule has 1 aromatic heterocycles. The van der Waals surface area contributed by atoms with Gasteiger partial charge in [-0.3, -0.25) is 9.59 Å². The summed E-state index contributed by atoms with van der Waals surface area (Å²) in [5.74, 6) is -0.825. The van der Waals surface area contributed by atoms with E-state index in [4.69, 9.17) is 9.84 Å². The van der Waals surface area contributed by atoms with E-state index < -0.39 is 5.97 Å². The Morgan fingerprint density at radius 1 is 1.50 bits per heavy atom. The van der Waals surface area contributed by atoms with Gasteiger partial charge in [0.25, 0.3) is 5.91 Å². The van der Waals surface area contributed by atoms with Gasteiger partial charge in [0.1, 0.15) is 0 Å². The van der Waals surface area contributed by atoms with Crippen molar-refractivity contribution in [2.75, 3.05) is 13.7 Å². The highest BCUT2D eigenvalue weighted by molar-refractivity contribution is 5.93. The average Bonchev–Trinajstić information content (AvgIpc) is 2.35. The van der Waals surface area contributed by atoms with Crippen molar-refractivity contribution in [2.45, 2.75) is 13.3 Å².